The lowest BCUT2D eigenvalue weighted by atomic mass is 9.69. The molecule has 0 spiro atoms. The highest BCUT2D eigenvalue weighted by atomic mass is 16.1. The number of rotatable bonds is 2. The molecule has 2 aliphatic rings. The molecule has 2 aromatic rings. The summed E-state index contributed by atoms with van der Waals surface area (Å²) in [7, 11) is 0. The van der Waals surface area contributed by atoms with E-state index >= 15 is 0 Å². The van der Waals surface area contributed by atoms with Gasteiger partial charge in [-0.05, 0) is 48.1 Å². The molecule has 1 amide bonds. The van der Waals surface area contributed by atoms with Crippen molar-refractivity contribution in [2.75, 3.05) is 0 Å². The molecule has 2 fully saturated rings. The van der Waals surface area contributed by atoms with Crippen molar-refractivity contribution < 1.29 is 4.79 Å². The van der Waals surface area contributed by atoms with Crippen LogP contribution in [0.5, 0.6) is 0 Å². The fraction of sp³-hybridized carbons (Fsp3) is 0.500. The van der Waals surface area contributed by atoms with Gasteiger partial charge in [-0.15, -0.1) is 0 Å². The van der Waals surface area contributed by atoms with Crippen LogP contribution in [-0.2, 0) is 0 Å². The largest absolute Gasteiger partial charge is 0.349 e. The van der Waals surface area contributed by atoms with Crippen molar-refractivity contribution >= 4 is 16.8 Å². The summed E-state index contributed by atoms with van der Waals surface area (Å²) in [6.45, 7) is 7.10. The van der Waals surface area contributed by atoms with Crippen LogP contribution in [-0.4, -0.2) is 16.9 Å². The summed E-state index contributed by atoms with van der Waals surface area (Å²) >= 11 is 0. The molecule has 1 aromatic carbocycles. The first-order chi connectivity index (χ1) is 10.9. The number of hydrogen-bond donors (Lipinski definition) is 1. The number of carbonyl (C=O) groups is 1. The van der Waals surface area contributed by atoms with E-state index in [0.29, 0.717) is 5.41 Å². The smallest absolute Gasteiger partial charge is 0.252 e. The van der Waals surface area contributed by atoms with Crippen LogP contribution in [0.2, 0.25) is 0 Å². The molecule has 0 aliphatic heterocycles. The number of nitrogens with zero attached hydrogens (tertiary/aromatic N) is 1. The second kappa shape index (κ2) is 4.80. The van der Waals surface area contributed by atoms with Crippen LogP contribution in [0.25, 0.3) is 10.9 Å². The number of fused-ring (bicyclic) bond motifs is 3. The predicted molar refractivity (Wildman–Crippen MR) is 92.2 cm³/mol. The maximum Gasteiger partial charge on any atom is 0.252 e. The normalized spacial score (nSPS) is 31.4. The van der Waals surface area contributed by atoms with E-state index in [0.717, 1.165) is 28.8 Å². The van der Waals surface area contributed by atoms with Crippen LogP contribution < -0.4 is 5.32 Å². The van der Waals surface area contributed by atoms with Gasteiger partial charge in [0.2, 0.25) is 0 Å². The summed E-state index contributed by atoms with van der Waals surface area (Å²) < 4.78 is 0. The van der Waals surface area contributed by atoms with Crippen molar-refractivity contribution in [1.29, 1.82) is 0 Å². The highest BCUT2D eigenvalue weighted by Crippen LogP contribution is 2.65. The lowest BCUT2D eigenvalue weighted by Gasteiger charge is -2.39. The number of pyridine rings is 1. The lowest BCUT2D eigenvalue weighted by Crippen LogP contribution is -2.46. The van der Waals surface area contributed by atoms with Crippen LogP contribution in [0.15, 0.2) is 36.5 Å². The average Bonchev–Trinajstić information content (AvgIpc) is 2.87. The average molecular weight is 308 g/mol. The Hall–Kier alpha value is -1.90. The van der Waals surface area contributed by atoms with Crippen molar-refractivity contribution in [2.24, 2.45) is 16.7 Å². The number of para-hydroxylation sites is 1. The number of amides is 1. The molecule has 3 nitrogen and oxygen atoms in total. The standard InChI is InChI=1S/C20H24N2O/c1-19(2)13-8-10-20(19,3)17(12-13)22-18(23)15-9-11-21-16-7-5-4-6-14(15)16/h4-7,9,11,13,17H,8,10,12H2,1-3H3,(H,22,23). The van der Waals surface area contributed by atoms with Gasteiger partial charge < -0.3 is 5.32 Å². The molecular formula is C20H24N2O. The van der Waals surface area contributed by atoms with Gasteiger partial charge in [0.05, 0.1) is 11.1 Å². The Bertz CT molecular complexity index is 777. The third-order valence-corrected chi connectivity index (χ3v) is 6.99. The van der Waals surface area contributed by atoms with E-state index < -0.39 is 0 Å². The van der Waals surface area contributed by atoms with E-state index in [1.54, 1.807) is 6.20 Å². The minimum atomic E-state index is 0.0400. The second-order valence-electron chi connectivity index (χ2n) is 8.01. The lowest BCUT2D eigenvalue weighted by molar-refractivity contribution is 0.0827. The zero-order chi connectivity index (χ0) is 16.2. The molecule has 23 heavy (non-hydrogen) atoms. The van der Waals surface area contributed by atoms with Gasteiger partial charge in [-0.3, -0.25) is 9.78 Å². The molecule has 3 atom stereocenters. The minimum Gasteiger partial charge on any atom is -0.349 e. The van der Waals surface area contributed by atoms with Crippen LogP contribution >= 0.6 is 0 Å². The first kappa shape index (κ1) is 14.7. The fourth-order valence-electron chi connectivity index (χ4n) is 4.95. The van der Waals surface area contributed by atoms with Crippen molar-refractivity contribution in [3.8, 4) is 0 Å². The third kappa shape index (κ3) is 1.95. The van der Waals surface area contributed by atoms with Gasteiger partial charge in [-0.2, -0.15) is 0 Å². The first-order valence-electron chi connectivity index (χ1n) is 8.58. The molecule has 4 rings (SSSR count). The molecular weight excluding hydrogens is 284 g/mol. The molecule has 1 N–H and O–H groups in total. The topological polar surface area (TPSA) is 42.0 Å². The maximum absolute atomic E-state index is 12.9. The van der Waals surface area contributed by atoms with Crippen LogP contribution in [0.4, 0.5) is 0 Å². The van der Waals surface area contributed by atoms with Crippen molar-refractivity contribution in [3.05, 3.63) is 42.1 Å². The van der Waals surface area contributed by atoms with Gasteiger partial charge in [-0.1, -0.05) is 39.0 Å². The number of hydrogen-bond acceptors (Lipinski definition) is 2. The van der Waals surface area contributed by atoms with E-state index in [-0.39, 0.29) is 17.4 Å². The van der Waals surface area contributed by atoms with Crippen LogP contribution in [0.3, 0.4) is 0 Å². The van der Waals surface area contributed by atoms with Gasteiger partial charge >= 0.3 is 0 Å². The molecule has 0 radical (unpaired) electrons. The summed E-state index contributed by atoms with van der Waals surface area (Å²) in [4.78, 5) is 17.3. The molecule has 2 aliphatic carbocycles. The summed E-state index contributed by atoms with van der Waals surface area (Å²) in [6, 6.07) is 9.95. The number of aromatic nitrogens is 1. The fourth-order valence-corrected chi connectivity index (χ4v) is 4.95. The quantitative estimate of drug-likeness (QED) is 0.904. The van der Waals surface area contributed by atoms with Gasteiger partial charge in [-0.25, -0.2) is 0 Å². The van der Waals surface area contributed by atoms with E-state index in [4.69, 9.17) is 0 Å². The molecule has 1 heterocycles. The maximum atomic E-state index is 12.9. The Morgan fingerprint density at radius 2 is 2.00 bits per heavy atom. The highest BCUT2D eigenvalue weighted by Gasteiger charge is 2.61. The van der Waals surface area contributed by atoms with E-state index in [1.165, 1.54) is 12.8 Å². The zero-order valence-electron chi connectivity index (χ0n) is 14.1. The van der Waals surface area contributed by atoms with E-state index in [9.17, 15) is 4.79 Å². The van der Waals surface area contributed by atoms with Gasteiger partial charge in [0.25, 0.3) is 5.91 Å². The Labute approximate surface area is 137 Å². The number of nitrogens with one attached hydrogen (secondary N) is 1. The summed E-state index contributed by atoms with van der Waals surface area (Å²) in [5.41, 5.74) is 2.13. The predicted octanol–water partition coefficient (Wildman–Crippen LogP) is 4.18. The molecule has 0 saturated heterocycles. The molecule has 3 unspecified atom stereocenters. The second-order valence-corrected chi connectivity index (χ2v) is 8.01. The molecule has 1 aromatic heterocycles. The third-order valence-electron chi connectivity index (χ3n) is 6.99. The minimum absolute atomic E-state index is 0.0400. The summed E-state index contributed by atoms with van der Waals surface area (Å²) in [5, 5.41) is 4.28. The Balaban J connectivity index is 1.64. The SMILES string of the molecule is CC1(C)C2CCC1(C)C(NC(=O)c1ccnc3ccccc13)C2. The number of carbonyl (C=O) groups excluding carboxylic acids is 1. The Morgan fingerprint density at radius 1 is 1.22 bits per heavy atom. The zero-order valence-corrected chi connectivity index (χ0v) is 14.1. The first-order valence-corrected chi connectivity index (χ1v) is 8.58. The Morgan fingerprint density at radius 3 is 2.70 bits per heavy atom. The molecule has 2 saturated carbocycles. The molecule has 3 heteroatoms. The van der Waals surface area contributed by atoms with E-state index in [2.05, 4.69) is 31.1 Å². The summed E-state index contributed by atoms with van der Waals surface area (Å²) in [5.74, 6) is 0.769. The van der Waals surface area contributed by atoms with Crippen molar-refractivity contribution in [1.82, 2.24) is 10.3 Å². The van der Waals surface area contributed by atoms with Gasteiger partial charge in [0.1, 0.15) is 0 Å². The summed E-state index contributed by atoms with van der Waals surface area (Å²) in [6.07, 6.45) is 5.35. The van der Waals surface area contributed by atoms with Gasteiger partial charge in [0, 0.05) is 17.6 Å². The van der Waals surface area contributed by atoms with Crippen LogP contribution in [0, 0.1) is 16.7 Å². The molecule has 120 valence electrons. The monoisotopic (exact) mass is 308 g/mol. The van der Waals surface area contributed by atoms with Crippen molar-refractivity contribution in [2.45, 2.75) is 46.1 Å². The highest BCUT2D eigenvalue weighted by molar-refractivity contribution is 6.06. The van der Waals surface area contributed by atoms with Crippen molar-refractivity contribution in [3.63, 3.8) is 0 Å². The van der Waals surface area contributed by atoms with Gasteiger partial charge in [0.15, 0.2) is 0 Å². The van der Waals surface area contributed by atoms with Crippen LogP contribution in [0.1, 0.15) is 50.4 Å². The Kier molecular flexibility index (Phi) is 3.06. The van der Waals surface area contributed by atoms with E-state index in [1.807, 2.05) is 30.3 Å². The molecule has 2 bridgehead atoms. The number of benzene rings is 1.